The highest BCUT2D eigenvalue weighted by Crippen LogP contribution is 2.38. The number of aromatic hydroxyl groups is 2. The summed E-state index contributed by atoms with van der Waals surface area (Å²) >= 11 is 0. The van der Waals surface area contributed by atoms with Gasteiger partial charge in [-0.05, 0) is 55.3 Å². The monoisotopic (exact) mass is 361 g/mol. The highest BCUT2D eigenvalue weighted by Gasteiger charge is 2.08. The van der Waals surface area contributed by atoms with Crippen molar-refractivity contribution < 1.29 is 10.2 Å². The van der Waals surface area contributed by atoms with Gasteiger partial charge in [-0.1, -0.05) is 38.5 Å². The number of azo groups is 1. The lowest BCUT2D eigenvalue weighted by molar-refractivity contribution is 0.475. The molecule has 0 unspecified atom stereocenters. The summed E-state index contributed by atoms with van der Waals surface area (Å²) in [5.41, 5.74) is 2.36. The summed E-state index contributed by atoms with van der Waals surface area (Å²) in [4.78, 5) is 1.47. The Morgan fingerprint density at radius 2 is 1.52 bits per heavy atom. The number of hydrogen-bond donors (Lipinski definition) is 2. The van der Waals surface area contributed by atoms with E-state index in [-0.39, 0.29) is 11.5 Å². The van der Waals surface area contributed by atoms with Crippen molar-refractivity contribution in [1.82, 2.24) is 0 Å². The molecule has 0 amide bonds. The lowest BCUT2D eigenvalue weighted by Crippen LogP contribution is -2.10. The molecule has 138 valence electrons. The van der Waals surface area contributed by atoms with E-state index in [2.05, 4.69) is 24.1 Å². The van der Waals surface area contributed by atoms with Gasteiger partial charge >= 0.3 is 0 Å². The molecule has 2 N–H and O–H groups in total. The first-order chi connectivity index (χ1) is 12.9. The van der Waals surface area contributed by atoms with Crippen molar-refractivity contribution in [1.29, 1.82) is 0 Å². The quantitative estimate of drug-likeness (QED) is 0.450. The third-order valence-electron chi connectivity index (χ3n) is 3.76. The second kappa shape index (κ2) is 9.08. The number of nitrogens with zero attached hydrogens (tertiary/aromatic N) is 3. The smallest absolute Gasteiger partial charge is 0.226 e. The average Bonchev–Trinajstić information content (AvgIpc) is 2.63. The number of aryl methyl sites for hydroxylation is 1. The molecule has 0 saturated heterocycles. The van der Waals surface area contributed by atoms with Gasteiger partial charge < -0.3 is 15.0 Å². The van der Waals surface area contributed by atoms with E-state index in [9.17, 15) is 10.2 Å². The Labute approximate surface area is 161 Å². The van der Waals surface area contributed by atoms with Gasteiger partial charge in [-0.25, -0.2) is 0 Å². The molecule has 6 heteroatoms. The first-order valence-corrected chi connectivity index (χ1v) is 8.82. The molecule has 2 radical (unpaired) electrons. The Bertz CT molecular complexity index is 956. The Morgan fingerprint density at radius 1 is 0.926 bits per heavy atom. The third-order valence-corrected chi connectivity index (χ3v) is 3.76. The molecular weight excluding hydrogens is 337 g/mol. The minimum absolute atomic E-state index is 0.0200. The van der Waals surface area contributed by atoms with E-state index in [1.165, 1.54) is 11.2 Å². The fourth-order valence-corrected chi connectivity index (χ4v) is 2.41. The zero-order valence-corrected chi connectivity index (χ0v) is 16.1. The maximum Gasteiger partial charge on any atom is 0.226 e. The standard InChI is InChI=1S/C18H16BN3O2.C3H8/c1-11-3-7-15(17(23)9-11)20-21-16-8-5-12-4-6-13(22(2)19)10-14(12)18(16)24;1-3-2/h3-10,23-24H,1-2H3;3H2,1-2H3. The lowest BCUT2D eigenvalue weighted by Gasteiger charge is -2.14. The molecule has 3 rings (SSSR count). The Hall–Kier alpha value is -3.02. The number of anilines is 1. The second-order valence-corrected chi connectivity index (χ2v) is 6.35. The summed E-state index contributed by atoms with van der Waals surface area (Å²) in [5, 5.41) is 29.9. The number of benzene rings is 3. The van der Waals surface area contributed by atoms with Gasteiger partial charge in [0.05, 0.1) is 0 Å². The van der Waals surface area contributed by atoms with Crippen LogP contribution in [-0.4, -0.2) is 25.2 Å². The van der Waals surface area contributed by atoms with Crippen LogP contribution in [0.1, 0.15) is 25.8 Å². The molecule has 0 atom stereocenters. The van der Waals surface area contributed by atoms with Crippen molar-refractivity contribution >= 4 is 35.8 Å². The van der Waals surface area contributed by atoms with E-state index in [0.717, 1.165) is 16.6 Å². The van der Waals surface area contributed by atoms with Gasteiger partial charge in [0, 0.05) is 11.1 Å². The summed E-state index contributed by atoms with van der Waals surface area (Å²) in [6.07, 6.45) is 1.25. The van der Waals surface area contributed by atoms with Gasteiger partial charge in [-0.15, -0.1) is 10.2 Å². The zero-order valence-electron chi connectivity index (χ0n) is 16.1. The number of phenolic OH excluding ortho intramolecular Hbond substituents is 2. The SMILES string of the molecule is CCC.[B]N(C)c1ccc2ccc(N=Nc3ccc(C)cc3O)c(O)c2c1. The molecule has 0 aliphatic rings. The average molecular weight is 361 g/mol. The van der Waals surface area contributed by atoms with Crippen LogP contribution in [0.15, 0.2) is 58.8 Å². The highest BCUT2D eigenvalue weighted by atomic mass is 16.3. The van der Waals surface area contributed by atoms with Crippen molar-refractivity contribution in [3.63, 3.8) is 0 Å². The van der Waals surface area contributed by atoms with Crippen LogP contribution in [0.25, 0.3) is 10.8 Å². The fourth-order valence-electron chi connectivity index (χ4n) is 2.41. The van der Waals surface area contributed by atoms with Crippen LogP contribution < -0.4 is 4.81 Å². The van der Waals surface area contributed by atoms with Crippen LogP contribution in [-0.2, 0) is 0 Å². The number of rotatable bonds is 3. The molecule has 0 bridgehead atoms. The van der Waals surface area contributed by atoms with E-state index in [1.807, 2.05) is 31.2 Å². The Morgan fingerprint density at radius 3 is 2.15 bits per heavy atom. The highest BCUT2D eigenvalue weighted by molar-refractivity contribution is 6.18. The van der Waals surface area contributed by atoms with Crippen LogP contribution >= 0.6 is 0 Å². The van der Waals surface area contributed by atoms with Gasteiger partial charge in [-0.2, -0.15) is 0 Å². The molecular formula is C21H24BN3O2. The van der Waals surface area contributed by atoms with E-state index < -0.39 is 0 Å². The molecule has 5 nitrogen and oxygen atoms in total. The largest absolute Gasteiger partial charge is 0.506 e. The van der Waals surface area contributed by atoms with E-state index in [4.69, 9.17) is 7.98 Å². The van der Waals surface area contributed by atoms with Crippen molar-refractivity contribution in [3.8, 4) is 11.5 Å². The van der Waals surface area contributed by atoms with E-state index in [0.29, 0.717) is 16.8 Å². The van der Waals surface area contributed by atoms with Crippen LogP contribution in [0.5, 0.6) is 11.5 Å². The van der Waals surface area contributed by atoms with E-state index in [1.54, 1.807) is 31.3 Å². The molecule has 0 aromatic heterocycles. The molecule has 3 aromatic rings. The normalized spacial score (nSPS) is 10.7. The van der Waals surface area contributed by atoms with Gasteiger partial charge in [0.2, 0.25) is 7.98 Å². The molecule has 0 fully saturated rings. The fraction of sp³-hybridized carbons (Fsp3) is 0.238. The number of fused-ring (bicyclic) bond motifs is 1. The molecule has 27 heavy (non-hydrogen) atoms. The zero-order chi connectivity index (χ0) is 20.0. The Balaban J connectivity index is 0.000000817. The van der Waals surface area contributed by atoms with Crippen LogP contribution in [0, 0.1) is 6.92 Å². The summed E-state index contributed by atoms with van der Waals surface area (Å²) in [7, 11) is 7.46. The molecule has 0 aliphatic heterocycles. The summed E-state index contributed by atoms with van der Waals surface area (Å²) in [6.45, 7) is 6.13. The number of phenols is 2. The van der Waals surface area contributed by atoms with Crippen LogP contribution in [0.2, 0.25) is 0 Å². The minimum atomic E-state index is 0.0200. The van der Waals surface area contributed by atoms with Crippen molar-refractivity contribution in [3.05, 3.63) is 54.1 Å². The van der Waals surface area contributed by atoms with Crippen molar-refractivity contribution in [2.24, 2.45) is 10.2 Å². The predicted molar refractivity (Wildman–Crippen MR) is 113 cm³/mol. The molecule has 0 heterocycles. The van der Waals surface area contributed by atoms with Gasteiger partial charge in [0.1, 0.15) is 17.1 Å². The molecule has 0 spiro atoms. The predicted octanol–water partition coefficient (Wildman–Crippen LogP) is 5.91. The van der Waals surface area contributed by atoms with Crippen molar-refractivity contribution in [2.75, 3.05) is 11.9 Å². The van der Waals surface area contributed by atoms with Gasteiger partial charge in [0.25, 0.3) is 0 Å². The molecule has 3 aromatic carbocycles. The first-order valence-electron chi connectivity index (χ1n) is 8.82. The Kier molecular flexibility index (Phi) is 6.82. The third kappa shape index (κ3) is 5.00. The summed E-state index contributed by atoms with van der Waals surface area (Å²) in [6, 6.07) is 14.2. The van der Waals surface area contributed by atoms with Crippen molar-refractivity contribution in [2.45, 2.75) is 27.2 Å². The summed E-state index contributed by atoms with van der Waals surface area (Å²) in [5.74, 6) is 0.0672. The lowest BCUT2D eigenvalue weighted by atomic mass is 10.1. The number of hydrogen-bond acceptors (Lipinski definition) is 5. The van der Waals surface area contributed by atoms with E-state index >= 15 is 0 Å². The van der Waals surface area contributed by atoms with Crippen LogP contribution in [0.3, 0.4) is 0 Å². The first kappa shape index (κ1) is 20.3. The maximum atomic E-state index is 10.5. The minimum Gasteiger partial charge on any atom is -0.506 e. The van der Waals surface area contributed by atoms with Gasteiger partial charge in [0.15, 0.2) is 5.75 Å². The maximum absolute atomic E-state index is 10.5. The van der Waals surface area contributed by atoms with Crippen LogP contribution in [0.4, 0.5) is 17.1 Å². The molecule has 0 saturated carbocycles. The molecule has 0 aliphatic carbocycles. The van der Waals surface area contributed by atoms with Gasteiger partial charge in [-0.3, -0.25) is 0 Å². The topological polar surface area (TPSA) is 68.4 Å². The second-order valence-electron chi connectivity index (χ2n) is 6.35. The summed E-state index contributed by atoms with van der Waals surface area (Å²) < 4.78 is 0.